The summed E-state index contributed by atoms with van der Waals surface area (Å²) in [7, 11) is 2.06. The highest BCUT2D eigenvalue weighted by atomic mass is 32.1. The molecule has 3 rings (SSSR count). The summed E-state index contributed by atoms with van der Waals surface area (Å²) < 4.78 is 2.17. The third-order valence-electron chi connectivity index (χ3n) is 2.89. The molecule has 90 valence electrons. The largest absolute Gasteiger partial charge is 0.342 e. The molecule has 2 nitrogen and oxygen atoms in total. The summed E-state index contributed by atoms with van der Waals surface area (Å²) in [4.78, 5) is 13.9. The van der Waals surface area contributed by atoms with Crippen LogP contribution >= 0.6 is 22.7 Å². The van der Waals surface area contributed by atoms with Gasteiger partial charge in [-0.25, -0.2) is 0 Å². The summed E-state index contributed by atoms with van der Waals surface area (Å²) in [5.41, 5.74) is 2.36. The van der Waals surface area contributed by atoms with Gasteiger partial charge in [0.15, 0.2) is 6.29 Å². The fraction of sp³-hybridized carbons (Fsp3) is 0.0714. The van der Waals surface area contributed by atoms with Crippen LogP contribution in [0.15, 0.2) is 41.8 Å². The van der Waals surface area contributed by atoms with E-state index in [1.807, 2.05) is 12.1 Å². The molecule has 0 N–H and O–H groups in total. The average Bonchev–Trinajstić information content (AvgIpc) is 3.07. The van der Waals surface area contributed by atoms with Crippen molar-refractivity contribution < 1.29 is 4.79 Å². The van der Waals surface area contributed by atoms with Crippen molar-refractivity contribution in [3.05, 3.63) is 46.7 Å². The van der Waals surface area contributed by atoms with Gasteiger partial charge < -0.3 is 4.57 Å². The lowest BCUT2D eigenvalue weighted by Crippen LogP contribution is -1.91. The quantitative estimate of drug-likeness (QED) is 0.652. The van der Waals surface area contributed by atoms with Crippen LogP contribution in [0, 0.1) is 0 Å². The maximum atomic E-state index is 10.7. The molecule has 3 aromatic rings. The van der Waals surface area contributed by atoms with Crippen LogP contribution in [0.5, 0.6) is 0 Å². The topological polar surface area (TPSA) is 22.0 Å². The Bertz CT molecular complexity index is 677. The van der Waals surface area contributed by atoms with Gasteiger partial charge in [0.1, 0.15) is 0 Å². The first kappa shape index (κ1) is 11.4. The van der Waals surface area contributed by atoms with E-state index in [1.54, 1.807) is 11.3 Å². The van der Waals surface area contributed by atoms with Crippen LogP contribution in [0.4, 0.5) is 0 Å². The monoisotopic (exact) mass is 273 g/mol. The molecule has 0 saturated carbocycles. The van der Waals surface area contributed by atoms with Gasteiger partial charge in [-0.05, 0) is 35.7 Å². The lowest BCUT2D eigenvalue weighted by atomic mass is 10.3. The molecule has 0 spiro atoms. The van der Waals surface area contributed by atoms with Crippen LogP contribution in [0.1, 0.15) is 9.67 Å². The van der Waals surface area contributed by atoms with Gasteiger partial charge in [0.25, 0.3) is 0 Å². The number of carbonyl (C=O) groups is 1. The van der Waals surface area contributed by atoms with Gasteiger partial charge >= 0.3 is 0 Å². The minimum atomic E-state index is 0.767. The Morgan fingerprint density at radius 1 is 1.06 bits per heavy atom. The highest BCUT2D eigenvalue weighted by Crippen LogP contribution is 2.33. The second kappa shape index (κ2) is 4.55. The third kappa shape index (κ3) is 1.83. The third-order valence-corrected chi connectivity index (χ3v) is 4.82. The first-order valence-electron chi connectivity index (χ1n) is 5.54. The second-order valence-corrected chi connectivity index (χ2v) is 6.02. The molecule has 3 aromatic heterocycles. The molecule has 0 aromatic carbocycles. The van der Waals surface area contributed by atoms with Gasteiger partial charge in [-0.2, -0.15) is 0 Å². The molecular weight excluding hydrogens is 262 g/mol. The van der Waals surface area contributed by atoms with Crippen LogP contribution in [0.2, 0.25) is 0 Å². The molecule has 0 aliphatic carbocycles. The van der Waals surface area contributed by atoms with E-state index in [4.69, 9.17) is 0 Å². The summed E-state index contributed by atoms with van der Waals surface area (Å²) in [5.74, 6) is 0. The number of hydrogen-bond acceptors (Lipinski definition) is 3. The molecule has 4 heteroatoms. The molecule has 0 saturated heterocycles. The van der Waals surface area contributed by atoms with Gasteiger partial charge in [0.2, 0.25) is 0 Å². The lowest BCUT2D eigenvalue weighted by Gasteiger charge is -2.04. The zero-order chi connectivity index (χ0) is 12.5. The lowest BCUT2D eigenvalue weighted by molar-refractivity contribution is 0.112. The zero-order valence-electron chi connectivity index (χ0n) is 9.79. The van der Waals surface area contributed by atoms with Crippen molar-refractivity contribution in [3.63, 3.8) is 0 Å². The van der Waals surface area contributed by atoms with Gasteiger partial charge in [-0.1, -0.05) is 6.07 Å². The summed E-state index contributed by atoms with van der Waals surface area (Å²) in [5, 5.41) is 2.08. The SMILES string of the molecule is Cn1c(-c2cccs2)ccc1-c1ccc(C=O)s1. The van der Waals surface area contributed by atoms with E-state index in [0.717, 1.165) is 21.7 Å². The molecule has 0 amide bonds. The molecule has 0 fully saturated rings. The Hall–Kier alpha value is -1.65. The molecular formula is C14H11NOS2. The average molecular weight is 273 g/mol. The van der Waals surface area contributed by atoms with Gasteiger partial charge in [-0.15, -0.1) is 22.7 Å². The molecule has 0 bridgehead atoms. The fourth-order valence-electron chi connectivity index (χ4n) is 1.98. The van der Waals surface area contributed by atoms with Crippen LogP contribution in [0.25, 0.3) is 21.1 Å². The number of rotatable bonds is 3. The normalized spacial score (nSPS) is 10.7. The number of aldehydes is 1. The van der Waals surface area contributed by atoms with Crippen molar-refractivity contribution in [2.45, 2.75) is 0 Å². The summed E-state index contributed by atoms with van der Waals surface area (Å²) in [6.07, 6.45) is 0.900. The molecule has 0 atom stereocenters. The fourth-order valence-corrected chi connectivity index (χ4v) is 3.65. The standard InChI is InChI=1S/C14H11NOS2/c1-15-11(13-3-2-8-17-13)5-6-12(15)14-7-4-10(9-16)18-14/h2-9H,1H3. The Morgan fingerprint density at radius 2 is 1.83 bits per heavy atom. The van der Waals surface area contributed by atoms with Crippen LogP contribution in [0.3, 0.4) is 0 Å². The highest BCUT2D eigenvalue weighted by Gasteiger charge is 2.10. The van der Waals surface area contributed by atoms with Crippen molar-refractivity contribution in [2.75, 3.05) is 0 Å². The Morgan fingerprint density at radius 3 is 2.44 bits per heavy atom. The van der Waals surface area contributed by atoms with Crippen molar-refractivity contribution in [2.24, 2.45) is 7.05 Å². The molecule has 18 heavy (non-hydrogen) atoms. The number of aromatic nitrogens is 1. The molecule has 3 heterocycles. The second-order valence-electron chi connectivity index (χ2n) is 3.96. The molecule has 0 unspecified atom stereocenters. The van der Waals surface area contributed by atoms with Gasteiger partial charge in [-0.3, -0.25) is 4.79 Å². The van der Waals surface area contributed by atoms with Gasteiger partial charge in [0.05, 0.1) is 26.0 Å². The van der Waals surface area contributed by atoms with Crippen molar-refractivity contribution >= 4 is 29.0 Å². The Kier molecular flexibility index (Phi) is 2.89. The Labute approximate surface area is 113 Å². The van der Waals surface area contributed by atoms with Crippen molar-refractivity contribution in [1.82, 2.24) is 4.57 Å². The van der Waals surface area contributed by atoms with E-state index < -0.39 is 0 Å². The predicted molar refractivity (Wildman–Crippen MR) is 77.4 cm³/mol. The van der Waals surface area contributed by atoms with Crippen molar-refractivity contribution in [1.29, 1.82) is 0 Å². The summed E-state index contributed by atoms with van der Waals surface area (Å²) in [6, 6.07) is 12.3. The Balaban J connectivity index is 2.07. The van der Waals surface area contributed by atoms with Crippen LogP contribution in [-0.2, 0) is 7.05 Å². The number of carbonyl (C=O) groups excluding carboxylic acids is 1. The maximum absolute atomic E-state index is 10.7. The summed E-state index contributed by atoms with van der Waals surface area (Å²) >= 11 is 3.26. The van der Waals surface area contributed by atoms with Crippen LogP contribution in [-0.4, -0.2) is 10.9 Å². The minimum Gasteiger partial charge on any atom is -0.342 e. The minimum absolute atomic E-state index is 0.767. The van der Waals surface area contributed by atoms with E-state index in [1.165, 1.54) is 21.9 Å². The zero-order valence-corrected chi connectivity index (χ0v) is 11.4. The number of hydrogen-bond donors (Lipinski definition) is 0. The first-order chi connectivity index (χ1) is 8.79. The smallest absolute Gasteiger partial charge is 0.160 e. The van der Waals surface area contributed by atoms with E-state index in [2.05, 4.69) is 41.3 Å². The maximum Gasteiger partial charge on any atom is 0.160 e. The highest BCUT2D eigenvalue weighted by molar-refractivity contribution is 7.17. The molecule has 0 aliphatic heterocycles. The van der Waals surface area contributed by atoms with E-state index >= 15 is 0 Å². The number of thiophene rings is 2. The van der Waals surface area contributed by atoms with Crippen LogP contribution < -0.4 is 0 Å². The first-order valence-corrected chi connectivity index (χ1v) is 7.24. The predicted octanol–water partition coefficient (Wildman–Crippen LogP) is 4.29. The van der Waals surface area contributed by atoms with E-state index in [0.29, 0.717) is 0 Å². The number of nitrogens with zero attached hydrogens (tertiary/aromatic N) is 1. The van der Waals surface area contributed by atoms with Gasteiger partial charge in [0, 0.05) is 7.05 Å². The van der Waals surface area contributed by atoms with E-state index in [-0.39, 0.29) is 0 Å². The summed E-state index contributed by atoms with van der Waals surface area (Å²) in [6.45, 7) is 0. The molecule has 0 radical (unpaired) electrons. The van der Waals surface area contributed by atoms with Crippen molar-refractivity contribution in [3.8, 4) is 21.1 Å². The molecule has 0 aliphatic rings. The van der Waals surface area contributed by atoms with E-state index in [9.17, 15) is 4.79 Å².